The average Bonchev–Trinajstić information content (AvgIpc) is 3.16. The van der Waals surface area contributed by atoms with Crippen LogP contribution in [0, 0.1) is 0 Å². The molecule has 1 aromatic rings. The Hall–Kier alpha value is -1.06. The Bertz CT molecular complexity index is 442. The third-order valence-corrected chi connectivity index (χ3v) is 4.22. The molecule has 1 atom stereocenters. The highest BCUT2D eigenvalue weighted by Crippen LogP contribution is 2.36. The molecule has 104 valence electrons. The van der Waals surface area contributed by atoms with Crippen molar-refractivity contribution in [2.24, 2.45) is 5.73 Å². The van der Waals surface area contributed by atoms with Gasteiger partial charge in [0.05, 0.1) is 6.61 Å². The molecule has 1 aliphatic heterocycles. The lowest BCUT2D eigenvalue weighted by Crippen LogP contribution is -2.36. The SMILES string of the molecule is CCCN(C1CC1)C(CN)c1ccc2c(c1)CCO2. The van der Waals surface area contributed by atoms with E-state index in [-0.39, 0.29) is 0 Å². The third kappa shape index (κ3) is 2.63. The molecule has 3 rings (SSSR count). The van der Waals surface area contributed by atoms with Crippen molar-refractivity contribution in [3.63, 3.8) is 0 Å². The van der Waals surface area contributed by atoms with Crippen LogP contribution in [0.1, 0.15) is 43.4 Å². The number of rotatable bonds is 6. The molecule has 0 spiro atoms. The Morgan fingerprint density at radius 1 is 1.42 bits per heavy atom. The molecule has 1 aliphatic carbocycles. The van der Waals surface area contributed by atoms with Crippen LogP contribution in [0.4, 0.5) is 0 Å². The second kappa shape index (κ2) is 5.51. The van der Waals surface area contributed by atoms with Crippen LogP contribution in [0.2, 0.25) is 0 Å². The zero-order chi connectivity index (χ0) is 13.2. The largest absolute Gasteiger partial charge is 0.493 e. The summed E-state index contributed by atoms with van der Waals surface area (Å²) in [6, 6.07) is 7.77. The van der Waals surface area contributed by atoms with Gasteiger partial charge in [0, 0.05) is 25.0 Å². The zero-order valence-corrected chi connectivity index (χ0v) is 11.8. The maximum Gasteiger partial charge on any atom is 0.122 e. The molecular weight excluding hydrogens is 236 g/mol. The van der Waals surface area contributed by atoms with Gasteiger partial charge in [0.2, 0.25) is 0 Å². The second-order valence-electron chi connectivity index (χ2n) is 5.69. The van der Waals surface area contributed by atoms with Crippen LogP contribution in [0.15, 0.2) is 18.2 Å². The average molecular weight is 260 g/mol. The highest BCUT2D eigenvalue weighted by atomic mass is 16.5. The molecule has 0 amide bonds. The van der Waals surface area contributed by atoms with Gasteiger partial charge in [0.1, 0.15) is 5.75 Å². The third-order valence-electron chi connectivity index (χ3n) is 4.22. The topological polar surface area (TPSA) is 38.5 Å². The highest BCUT2D eigenvalue weighted by molar-refractivity contribution is 5.41. The Morgan fingerprint density at radius 3 is 2.95 bits per heavy atom. The maximum atomic E-state index is 6.07. The minimum atomic E-state index is 0.373. The van der Waals surface area contributed by atoms with Gasteiger partial charge in [-0.1, -0.05) is 19.1 Å². The summed E-state index contributed by atoms with van der Waals surface area (Å²) in [7, 11) is 0. The summed E-state index contributed by atoms with van der Waals surface area (Å²) in [5.74, 6) is 1.06. The van der Waals surface area contributed by atoms with Gasteiger partial charge >= 0.3 is 0 Å². The first-order valence-corrected chi connectivity index (χ1v) is 7.55. The van der Waals surface area contributed by atoms with Crippen LogP contribution in [-0.4, -0.2) is 30.6 Å². The molecule has 2 aliphatic rings. The number of fused-ring (bicyclic) bond motifs is 1. The van der Waals surface area contributed by atoms with Crippen LogP contribution < -0.4 is 10.5 Å². The van der Waals surface area contributed by atoms with E-state index in [2.05, 4.69) is 30.0 Å². The minimum Gasteiger partial charge on any atom is -0.493 e. The monoisotopic (exact) mass is 260 g/mol. The highest BCUT2D eigenvalue weighted by Gasteiger charge is 2.33. The van der Waals surface area contributed by atoms with Gasteiger partial charge < -0.3 is 10.5 Å². The Balaban J connectivity index is 1.84. The molecule has 1 aromatic carbocycles. The first-order valence-electron chi connectivity index (χ1n) is 7.55. The normalized spacial score (nSPS) is 19.3. The zero-order valence-electron chi connectivity index (χ0n) is 11.8. The summed E-state index contributed by atoms with van der Waals surface area (Å²) in [4.78, 5) is 2.61. The van der Waals surface area contributed by atoms with Gasteiger partial charge in [-0.25, -0.2) is 0 Å². The van der Waals surface area contributed by atoms with Gasteiger partial charge in [-0.05, 0) is 43.0 Å². The Kier molecular flexibility index (Phi) is 3.76. The molecule has 0 radical (unpaired) electrons. The predicted octanol–water partition coefficient (Wildman–Crippen LogP) is 2.50. The van der Waals surface area contributed by atoms with E-state index in [9.17, 15) is 0 Å². The maximum absolute atomic E-state index is 6.07. The number of ether oxygens (including phenoxy) is 1. The van der Waals surface area contributed by atoms with Crippen molar-refractivity contribution in [2.45, 2.75) is 44.7 Å². The molecule has 0 bridgehead atoms. The Morgan fingerprint density at radius 2 is 2.26 bits per heavy atom. The van der Waals surface area contributed by atoms with E-state index in [1.54, 1.807) is 0 Å². The van der Waals surface area contributed by atoms with Gasteiger partial charge in [-0.3, -0.25) is 4.90 Å². The fraction of sp³-hybridized carbons (Fsp3) is 0.625. The van der Waals surface area contributed by atoms with Crippen LogP contribution in [0.5, 0.6) is 5.75 Å². The number of nitrogens with two attached hydrogens (primary N) is 1. The van der Waals surface area contributed by atoms with E-state index in [1.165, 1.54) is 30.4 Å². The fourth-order valence-electron chi connectivity index (χ4n) is 3.13. The van der Waals surface area contributed by atoms with Crippen molar-refractivity contribution in [1.29, 1.82) is 0 Å². The number of hydrogen-bond acceptors (Lipinski definition) is 3. The van der Waals surface area contributed by atoms with E-state index in [4.69, 9.17) is 10.5 Å². The summed E-state index contributed by atoms with van der Waals surface area (Å²) in [6.07, 6.45) is 4.91. The Labute approximate surface area is 115 Å². The fourth-order valence-corrected chi connectivity index (χ4v) is 3.13. The lowest BCUT2D eigenvalue weighted by Gasteiger charge is -2.31. The quantitative estimate of drug-likeness (QED) is 0.854. The van der Waals surface area contributed by atoms with Crippen molar-refractivity contribution in [1.82, 2.24) is 4.90 Å². The van der Waals surface area contributed by atoms with Gasteiger partial charge in [-0.15, -0.1) is 0 Å². The lowest BCUT2D eigenvalue weighted by molar-refractivity contribution is 0.191. The van der Waals surface area contributed by atoms with E-state index >= 15 is 0 Å². The lowest BCUT2D eigenvalue weighted by atomic mass is 10.0. The molecule has 1 heterocycles. The van der Waals surface area contributed by atoms with Crippen LogP contribution >= 0.6 is 0 Å². The summed E-state index contributed by atoms with van der Waals surface area (Å²) in [5.41, 5.74) is 8.79. The van der Waals surface area contributed by atoms with E-state index < -0.39 is 0 Å². The molecule has 1 saturated carbocycles. The molecule has 3 nitrogen and oxygen atoms in total. The van der Waals surface area contributed by atoms with Crippen LogP contribution in [-0.2, 0) is 6.42 Å². The van der Waals surface area contributed by atoms with Crippen molar-refractivity contribution in [3.05, 3.63) is 29.3 Å². The summed E-state index contributed by atoms with van der Waals surface area (Å²) >= 11 is 0. The van der Waals surface area contributed by atoms with E-state index in [1.807, 2.05) is 0 Å². The van der Waals surface area contributed by atoms with E-state index in [0.717, 1.165) is 31.4 Å². The smallest absolute Gasteiger partial charge is 0.122 e. The number of hydrogen-bond donors (Lipinski definition) is 1. The van der Waals surface area contributed by atoms with Crippen molar-refractivity contribution in [2.75, 3.05) is 19.7 Å². The standard InChI is InChI=1S/C16H24N2O/c1-2-8-18(14-4-5-14)15(11-17)12-3-6-16-13(10-12)7-9-19-16/h3,6,10,14-15H,2,4-5,7-9,11,17H2,1H3. The summed E-state index contributed by atoms with van der Waals surface area (Å²) in [5, 5.41) is 0. The molecule has 3 heteroatoms. The molecule has 0 saturated heterocycles. The van der Waals surface area contributed by atoms with Gasteiger partial charge in [0.15, 0.2) is 0 Å². The first-order chi connectivity index (χ1) is 9.33. The first kappa shape index (κ1) is 12.9. The summed E-state index contributed by atoms with van der Waals surface area (Å²) in [6.45, 7) is 4.93. The molecular formula is C16H24N2O. The van der Waals surface area contributed by atoms with Gasteiger partial charge in [0.25, 0.3) is 0 Å². The number of benzene rings is 1. The van der Waals surface area contributed by atoms with Crippen LogP contribution in [0.3, 0.4) is 0 Å². The minimum absolute atomic E-state index is 0.373. The molecule has 19 heavy (non-hydrogen) atoms. The summed E-state index contributed by atoms with van der Waals surface area (Å²) < 4.78 is 5.59. The molecule has 1 fully saturated rings. The van der Waals surface area contributed by atoms with Crippen molar-refractivity contribution >= 4 is 0 Å². The number of nitrogens with zero attached hydrogens (tertiary/aromatic N) is 1. The van der Waals surface area contributed by atoms with Crippen LogP contribution in [0.25, 0.3) is 0 Å². The molecule has 2 N–H and O–H groups in total. The van der Waals surface area contributed by atoms with Crippen molar-refractivity contribution in [3.8, 4) is 5.75 Å². The predicted molar refractivity (Wildman–Crippen MR) is 77.5 cm³/mol. The molecule has 1 unspecified atom stereocenters. The molecule has 0 aromatic heterocycles. The van der Waals surface area contributed by atoms with E-state index in [0.29, 0.717) is 12.6 Å². The van der Waals surface area contributed by atoms with Crippen molar-refractivity contribution < 1.29 is 4.74 Å². The van der Waals surface area contributed by atoms with Gasteiger partial charge in [-0.2, -0.15) is 0 Å². The second-order valence-corrected chi connectivity index (χ2v) is 5.69.